The minimum absolute atomic E-state index is 0.123. The largest absolute Gasteiger partial charge is 0.354 e. The zero-order chi connectivity index (χ0) is 12.1. The summed E-state index contributed by atoms with van der Waals surface area (Å²) in [7, 11) is 0. The van der Waals surface area contributed by atoms with Gasteiger partial charge in [-0.3, -0.25) is 9.48 Å². The van der Waals surface area contributed by atoms with Crippen LogP contribution in [0.3, 0.4) is 0 Å². The second-order valence-corrected chi connectivity index (χ2v) is 4.59. The predicted octanol–water partition coefficient (Wildman–Crippen LogP) is 0.374. The fourth-order valence-corrected chi connectivity index (χ4v) is 2.52. The quantitative estimate of drug-likeness (QED) is 0.776. The van der Waals surface area contributed by atoms with Crippen LogP contribution in [-0.4, -0.2) is 28.8 Å². The number of hydrogen-bond acceptors (Lipinski definition) is 3. The summed E-state index contributed by atoms with van der Waals surface area (Å²) in [5.41, 5.74) is 5.67. The molecule has 5 nitrogen and oxygen atoms in total. The van der Waals surface area contributed by atoms with Gasteiger partial charge in [-0.2, -0.15) is 5.10 Å². The van der Waals surface area contributed by atoms with Gasteiger partial charge < -0.3 is 11.1 Å². The minimum Gasteiger partial charge on any atom is -0.354 e. The van der Waals surface area contributed by atoms with Crippen LogP contribution in [-0.2, 0) is 11.3 Å². The van der Waals surface area contributed by atoms with Crippen molar-refractivity contribution in [3.05, 3.63) is 18.5 Å². The van der Waals surface area contributed by atoms with Crippen LogP contribution in [0.1, 0.15) is 19.3 Å². The zero-order valence-electron chi connectivity index (χ0n) is 10.0. The van der Waals surface area contributed by atoms with E-state index in [0.29, 0.717) is 19.0 Å². The van der Waals surface area contributed by atoms with Gasteiger partial charge >= 0.3 is 0 Å². The Hall–Kier alpha value is -1.36. The van der Waals surface area contributed by atoms with Crippen LogP contribution in [0.15, 0.2) is 18.5 Å². The Balaban J connectivity index is 1.73. The standard InChI is InChI=1S/C12H20N4O/c13-9-10-3-1-4-11(10)12(17)14-6-8-16-7-2-5-15-16/h2,5,7,10-11H,1,3-4,6,8-9,13H2,(H,14,17). The SMILES string of the molecule is NCC1CCCC1C(=O)NCCn1cccn1. The maximum absolute atomic E-state index is 11.9. The van der Waals surface area contributed by atoms with Gasteiger partial charge in [-0.15, -0.1) is 0 Å². The highest BCUT2D eigenvalue weighted by Crippen LogP contribution is 2.30. The predicted molar refractivity (Wildman–Crippen MR) is 65.1 cm³/mol. The Bertz CT molecular complexity index is 349. The topological polar surface area (TPSA) is 72.9 Å². The summed E-state index contributed by atoms with van der Waals surface area (Å²) in [6.07, 6.45) is 6.83. The van der Waals surface area contributed by atoms with Crippen LogP contribution in [0, 0.1) is 11.8 Å². The van der Waals surface area contributed by atoms with Crippen LogP contribution in [0.2, 0.25) is 0 Å². The van der Waals surface area contributed by atoms with Crippen molar-refractivity contribution in [1.82, 2.24) is 15.1 Å². The summed E-state index contributed by atoms with van der Waals surface area (Å²) < 4.78 is 1.81. The van der Waals surface area contributed by atoms with Gasteiger partial charge in [0.05, 0.1) is 6.54 Å². The number of carbonyl (C=O) groups is 1. The van der Waals surface area contributed by atoms with E-state index < -0.39 is 0 Å². The fraction of sp³-hybridized carbons (Fsp3) is 0.667. The second kappa shape index (κ2) is 5.82. The van der Waals surface area contributed by atoms with E-state index >= 15 is 0 Å². The van der Waals surface area contributed by atoms with Gasteiger partial charge in [0.2, 0.25) is 5.91 Å². The summed E-state index contributed by atoms with van der Waals surface area (Å²) in [4.78, 5) is 11.9. The summed E-state index contributed by atoms with van der Waals surface area (Å²) in [6, 6.07) is 1.88. The van der Waals surface area contributed by atoms with E-state index in [1.165, 1.54) is 0 Å². The molecule has 94 valence electrons. The molecule has 0 spiro atoms. The Kier molecular flexibility index (Phi) is 4.14. The van der Waals surface area contributed by atoms with Gasteiger partial charge in [0.25, 0.3) is 0 Å². The van der Waals surface area contributed by atoms with E-state index in [-0.39, 0.29) is 11.8 Å². The lowest BCUT2D eigenvalue weighted by Gasteiger charge is -2.17. The minimum atomic E-state index is 0.123. The van der Waals surface area contributed by atoms with Crippen molar-refractivity contribution in [3.8, 4) is 0 Å². The molecule has 0 saturated heterocycles. The van der Waals surface area contributed by atoms with Gasteiger partial charge in [-0.25, -0.2) is 0 Å². The highest BCUT2D eigenvalue weighted by atomic mass is 16.1. The number of aromatic nitrogens is 2. The van der Waals surface area contributed by atoms with Crippen molar-refractivity contribution in [3.63, 3.8) is 0 Å². The first kappa shape index (κ1) is 12.1. The van der Waals surface area contributed by atoms with Crippen molar-refractivity contribution in [2.24, 2.45) is 17.6 Å². The molecule has 1 aliphatic rings. The molecular weight excluding hydrogens is 216 g/mol. The summed E-state index contributed by atoms with van der Waals surface area (Å²) in [6.45, 7) is 1.98. The van der Waals surface area contributed by atoms with E-state index in [0.717, 1.165) is 25.8 Å². The first-order chi connectivity index (χ1) is 8.31. The lowest BCUT2D eigenvalue weighted by molar-refractivity contribution is -0.125. The van der Waals surface area contributed by atoms with Crippen LogP contribution in [0.25, 0.3) is 0 Å². The molecular formula is C12H20N4O. The van der Waals surface area contributed by atoms with Gasteiger partial charge in [0.15, 0.2) is 0 Å². The van der Waals surface area contributed by atoms with Crippen molar-refractivity contribution in [1.29, 1.82) is 0 Å². The molecule has 1 aliphatic carbocycles. The van der Waals surface area contributed by atoms with Crippen LogP contribution >= 0.6 is 0 Å². The molecule has 0 bridgehead atoms. The zero-order valence-corrected chi connectivity index (χ0v) is 10.0. The third-order valence-electron chi connectivity index (χ3n) is 3.50. The number of nitrogens with zero attached hydrogens (tertiary/aromatic N) is 2. The number of carbonyl (C=O) groups excluding carboxylic acids is 1. The van der Waals surface area contributed by atoms with E-state index in [2.05, 4.69) is 10.4 Å². The summed E-state index contributed by atoms with van der Waals surface area (Å²) in [5, 5.41) is 7.06. The molecule has 3 N–H and O–H groups in total. The number of rotatable bonds is 5. The lowest BCUT2D eigenvalue weighted by atomic mass is 9.95. The molecule has 0 aromatic carbocycles. The smallest absolute Gasteiger partial charge is 0.223 e. The Morgan fingerprint density at radius 2 is 2.41 bits per heavy atom. The van der Waals surface area contributed by atoms with Gasteiger partial charge in [-0.1, -0.05) is 6.42 Å². The highest BCUT2D eigenvalue weighted by molar-refractivity contribution is 5.79. The maximum Gasteiger partial charge on any atom is 0.223 e. The molecule has 1 saturated carbocycles. The molecule has 2 atom stereocenters. The average molecular weight is 236 g/mol. The molecule has 1 aromatic heterocycles. The van der Waals surface area contributed by atoms with Gasteiger partial charge in [-0.05, 0) is 31.4 Å². The van der Waals surface area contributed by atoms with E-state index in [4.69, 9.17) is 5.73 Å². The molecule has 1 aromatic rings. The molecule has 2 rings (SSSR count). The Labute approximate surface area is 101 Å². The normalized spacial score (nSPS) is 23.8. The number of hydrogen-bond donors (Lipinski definition) is 2. The average Bonchev–Trinajstić information content (AvgIpc) is 2.99. The molecule has 2 unspecified atom stereocenters. The van der Waals surface area contributed by atoms with E-state index in [1.54, 1.807) is 6.20 Å². The molecule has 1 fully saturated rings. The summed E-state index contributed by atoms with van der Waals surface area (Å²) in [5.74, 6) is 0.655. The Morgan fingerprint density at radius 1 is 1.53 bits per heavy atom. The first-order valence-corrected chi connectivity index (χ1v) is 6.26. The number of nitrogens with two attached hydrogens (primary N) is 1. The highest BCUT2D eigenvalue weighted by Gasteiger charge is 2.31. The summed E-state index contributed by atoms with van der Waals surface area (Å²) >= 11 is 0. The lowest BCUT2D eigenvalue weighted by Crippen LogP contribution is -2.36. The van der Waals surface area contributed by atoms with Crippen molar-refractivity contribution >= 4 is 5.91 Å². The molecule has 0 radical (unpaired) electrons. The fourth-order valence-electron chi connectivity index (χ4n) is 2.52. The maximum atomic E-state index is 11.9. The van der Waals surface area contributed by atoms with Crippen LogP contribution in [0.4, 0.5) is 0 Å². The first-order valence-electron chi connectivity index (χ1n) is 6.26. The number of nitrogens with one attached hydrogen (secondary N) is 1. The molecule has 1 heterocycles. The van der Waals surface area contributed by atoms with Gasteiger partial charge in [0, 0.05) is 24.9 Å². The molecule has 0 aliphatic heterocycles. The number of amides is 1. The molecule has 1 amide bonds. The van der Waals surface area contributed by atoms with Crippen LogP contribution in [0.5, 0.6) is 0 Å². The van der Waals surface area contributed by atoms with Gasteiger partial charge in [0.1, 0.15) is 0 Å². The third-order valence-corrected chi connectivity index (χ3v) is 3.50. The van der Waals surface area contributed by atoms with Crippen LogP contribution < -0.4 is 11.1 Å². The Morgan fingerprint density at radius 3 is 3.12 bits per heavy atom. The van der Waals surface area contributed by atoms with Crippen molar-refractivity contribution in [2.75, 3.05) is 13.1 Å². The third kappa shape index (κ3) is 3.06. The van der Waals surface area contributed by atoms with Crippen molar-refractivity contribution in [2.45, 2.75) is 25.8 Å². The second-order valence-electron chi connectivity index (χ2n) is 4.59. The monoisotopic (exact) mass is 236 g/mol. The molecule has 17 heavy (non-hydrogen) atoms. The molecule has 5 heteroatoms. The van der Waals surface area contributed by atoms with E-state index in [9.17, 15) is 4.79 Å². The van der Waals surface area contributed by atoms with E-state index in [1.807, 2.05) is 16.9 Å². The van der Waals surface area contributed by atoms with Crippen molar-refractivity contribution < 1.29 is 4.79 Å².